The summed E-state index contributed by atoms with van der Waals surface area (Å²) in [6.07, 6.45) is 4.43. The monoisotopic (exact) mass is 408 g/mol. The van der Waals surface area contributed by atoms with E-state index in [0.717, 1.165) is 30.2 Å². The van der Waals surface area contributed by atoms with Gasteiger partial charge in [0.25, 0.3) is 0 Å². The number of nitrogens with zero attached hydrogens (tertiary/aromatic N) is 2. The normalized spacial score (nSPS) is 18.8. The number of aryl methyl sites for hydroxylation is 1. The first-order valence-electron chi connectivity index (χ1n) is 10.3. The molecule has 0 bridgehead atoms. The molecule has 0 radical (unpaired) electrons. The van der Waals surface area contributed by atoms with Crippen LogP contribution in [0.4, 0.5) is 5.69 Å². The zero-order chi connectivity index (χ0) is 21.3. The number of nitrogens with two attached hydrogens (primary N) is 2. The number of benzene rings is 2. The Morgan fingerprint density at radius 3 is 2.87 bits per heavy atom. The topological polar surface area (TPSA) is 106 Å². The maximum atomic E-state index is 6.25. The number of hydrogen-bond donors (Lipinski definition) is 2. The Morgan fingerprint density at radius 2 is 2.10 bits per heavy atom. The highest BCUT2D eigenvalue weighted by molar-refractivity contribution is 5.91. The van der Waals surface area contributed by atoms with Gasteiger partial charge in [0.2, 0.25) is 0 Å². The summed E-state index contributed by atoms with van der Waals surface area (Å²) in [6, 6.07) is 10.1. The molecule has 1 aliphatic rings. The zero-order valence-corrected chi connectivity index (χ0v) is 17.6. The van der Waals surface area contributed by atoms with Crippen LogP contribution in [0.3, 0.4) is 0 Å². The molecule has 30 heavy (non-hydrogen) atoms. The van der Waals surface area contributed by atoms with Gasteiger partial charge in [-0.1, -0.05) is 26.0 Å². The van der Waals surface area contributed by atoms with Crippen LogP contribution >= 0.6 is 0 Å². The van der Waals surface area contributed by atoms with Crippen molar-refractivity contribution >= 4 is 16.6 Å². The Labute approximate surface area is 176 Å². The number of fused-ring (bicyclic) bond motifs is 3. The molecule has 0 fully saturated rings. The lowest BCUT2D eigenvalue weighted by Crippen LogP contribution is -2.27. The molecule has 3 aromatic rings. The van der Waals surface area contributed by atoms with Gasteiger partial charge in [-0.05, 0) is 43.0 Å². The van der Waals surface area contributed by atoms with Gasteiger partial charge in [0.1, 0.15) is 11.5 Å². The molecule has 3 unspecified atom stereocenters. The van der Waals surface area contributed by atoms with E-state index in [1.165, 1.54) is 5.56 Å². The summed E-state index contributed by atoms with van der Waals surface area (Å²) in [5, 5.41) is 0.783. The molecule has 1 aliphatic heterocycles. The van der Waals surface area contributed by atoms with Crippen LogP contribution < -0.4 is 20.9 Å². The van der Waals surface area contributed by atoms with E-state index >= 15 is 0 Å². The van der Waals surface area contributed by atoms with E-state index in [9.17, 15) is 0 Å². The molecule has 3 atom stereocenters. The average molecular weight is 409 g/mol. The van der Waals surface area contributed by atoms with E-state index in [2.05, 4.69) is 23.0 Å². The van der Waals surface area contributed by atoms with Crippen LogP contribution in [0, 0.1) is 0 Å². The Hall–Kier alpha value is -2.90. The maximum Gasteiger partial charge on any atom is 0.322 e. The summed E-state index contributed by atoms with van der Waals surface area (Å²) in [5.74, 6) is 1.38. The number of methoxy groups -OCH3 is 1. The van der Waals surface area contributed by atoms with E-state index in [0.29, 0.717) is 22.7 Å². The van der Waals surface area contributed by atoms with E-state index in [1.54, 1.807) is 13.3 Å². The fraction of sp³-hybridized carbons (Fsp3) is 0.391. The lowest BCUT2D eigenvalue weighted by atomic mass is 9.98. The summed E-state index contributed by atoms with van der Waals surface area (Å²) in [6.45, 7) is 4.13. The van der Waals surface area contributed by atoms with Gasteiger partial charge < -0.3 is 19.9 Å². The quantitative estimate of drug-likeness (QED) is 0.566. The standard InChI is InChI=1S/C23H28N4O3/c1-4-15(28-3)9-8-14-6-5-7-16(10-14)29-23-26-12-17-19(27-23)11-18(24)20-13(2)22(25)30-21(17)20/h5-7,10-13,15,22H,4,8-9,24-25H2,1-3H3. The van der Waals surface area contributed by atoms with E-state index < -0.39 is 6.23 Å². The predicted molar refractivity (Wildman–Crippen MR) is 117 cm³/mol. The molecule has 1 aromatic heterocycles. The van der Waals surface area contributed by atoms with Gasteiger partial charge in [0.05, 0.1) is 17.0 Å². The molecule has 0 saturated carbocycles. The number of rotatable bonds is 7. The molecule has 4 rings (SSSR count). The van der Waals surface area contributed by atoms with Crippen molar-refractivity contribution in [2.24, 2.45) is 5.73 Å². The molecule has 158 valence electrons. The average Bonchev–Trinajstić information content (AvgIpc) is 3.04. The summed E-state index contributed by atoms with van der Waals surface area (Å²) >= 11 is 0. The minimum atomic E-state index is -0.419. The van der Waals surface area contributed by atoms with Gasteiger partial charge in [-0.25, -0.2) is 4.98 Å². The lowest BCUT2D eigenvalue weighted by molar-refractivity contribution is 0.0924. The van der Waals surface area contributed by atoms with Crippen LogP contribution in [0.15, 0.2) is 36.5 Å². The van der Waals surface area contributed by atoms with Gasteiger partial charge in [-0.15, -0.1) is 0 Å². The Kier molecular flexibility index (Phi) is 5.74. The second-order valence-corrected chi connectivity index (χ2v) is 7.72. The first-order chi connectivity index (χ1) is 14.5. The van der Waals surface area contributed by atoms with Crippen molar-refractivity contribution < 1.29 is 14.2 Å². The zero-order valence-electron chi connectivity index (χ0n) is 17.6. The lowest BCUT2D eigenvalue weighted by Gasteiger charge is -2.13. The van der Waals surface area contributed by atoms with Gasteiger partial charge >= 0.3 is 6.01 Å². The van der Waals surface area contributed by atoms with E-state index in [1.807, 2.05) is 31.2 Å². The molecule has 2 heterocycles. The Morgan fingerprint density at radius 1 is 1.27 bits per heavy atom. The van der Waals surface area contributed by atoms with Gasteiger partial charge in [0, 0.05) is 30.5 Å². The number of aromatic nitrogens is 2. The van der Waals surface area contributed by atoms with Crippen molar-refractivity contribution in [3.05, 3.63) is 47.7 Å². The largest absolute Gasteiger partial charge is 0.474 e. The smallest absolute Gasteiger partial charge is 0.322 e. The molecule has 7 heteroatoms. The third kappa shape index (κ3) is 3.91. The molecule has 7 nitrogen and oxygen atoms in total. The minimum Gasteiger partial charge on any atom is -0.474 e. The number of anilines is 1. The maximum absolute atomic E-state index is 6.25. The van der Waals surface area contributed by atoms with Gasteiger partial charge in [-0.2, -0.15) is 4.98 Å². The van der Waals surface area contributed by atoms with Gasteiger partial charge in [0.15, 0.2) is 6.23 Å². The molecule has 2 aromatic carbocycles. The van der Waals surface area contributed by atoms with Crippen LogP contribution in [0.1, 0.15) is 43.7 Å². The van der Waals surface area contributed by atoms with E-state index in [-0.39, 0.29) is 18.0 Å². The molecule has 0 spiro atoms. The fourth-order valence-electron chi connectivity index (χ4n) is 3.90. The van der Waals surface area contributed by atoms with Crippen LogP contribution in [0.2, 0.25) is 0 Å². The second-order valence-electron chi connectivity index (χ2n) is 7.72. The van der Waals surface area contributed by atoms with Gasteiger partial charge in [-0.3, -0.25) is 5.73 Å². The number of hydrogen-bond acceptors (Lipinski definition) is 7. The van der Waals surface area contributed by atoms with Crippen molar-refractivity contribution in [1.29, 1.82) is 0 Å². The highest BCUT2D eigenvalue weighted by Crippen LogP contribution is 2.44. The molecule has 4 N–H and O–H groups in total. The first kappa shape index (κ1) is 20.4. The number of ether oxygens (including phenoxy) is 3. The number of nitrogen functional groups attached to an aromatic ring is 1. The van der Waals surface area contributed by atoms with Crippen molar-refractivity contribution in [3.8, 4) is 17.5 Å². The Balaban J connectivity index is 1.56. The first-order valence-corrected chi connectivity index (χ1v) is 10.3. The van der Waals surface area contributed by atoms with Crippen LogP contribution in [0.25, 0.3) is 10.9 Å². The molecular formula is C23H28N4O3. The Bertz CT molecular complexity index is 1050. The SMILES string of the molecule is CCC(CCc1cccc(Oc2ncc3c4c(c(N)cc3n2)C(C)C(N)O4)c1)OC. The van der Waals surface area contributed by atoms with Crippen molar-refractivity contribution in [2.45, 2.75) is 51.4 Å². The summed E-state index contributed by atoms with van der Waals surface area (Å²) in [4.78, 5) is 8.91. The van der Waals surface area contributed by atoms with E-state index in [4.69, 9.17) is 25.7 Å². The fourth-order valence-corrected chi connectivity index (χ4v) is 3.90. The molecular weight excluding hydrogens is 380 g/mol. The van der Waals surface area contributed by atoms with Crippen molar-refractivity contribution in [2.75, 3.05) is 12.8 Å². The highest BCUT2D eigenvalue weighted by atomic mass is 16.5. The van der Waals surface area contributed by atoms with Crippen molar-refractivity contribution in [3.63, 3.8) is 0 Å². The third-order valence-corrected chi connectivity index (χ3v) is 5.74. The highest BCUT2D eigenvalue weighted by Gasteiger charge is 2.32. The molecule has 0 aliphatic carbocycles. The molecule has 0 saturated heterocycles. The summed E-state index contributed by atoms with van der Waals surface area (Å²) in [7, 11) is 1.76. The predicted octanol–water partition coefficient (Wildman–Crippen LogP) is 4.14. The van der Waals surface area contributed by atoms with Crippen LogP contribution in [-0.4, -0.2) is 29.4 Å². The minimum absolute atomic E-state index is 0.0217. The summed E-state index contributed by atoms with van der Waals surface area (Å²) < 4.78 is 17.2. The van der Waals surface area contributed by atoms with Crippen LogP contribution in [0.5, 0.6) is 17.5 Å². The second kappa shape index (κ2) is 8.45. The summed E-state index contributed by atoms with van der Waals surface area (Å²) in [5.41, 5.74) is 15.7. The molecule has 0 amide bonds. The van der Waals surface area contributed by atoms with Crippen LogP contribution in [-0.2, 0) is 11.2 Å². The third-order valence-electron chi connectivity index (χ3n) is 5.74. The van der Waals surface area contributed by atoms with Crippen molar-refractivity contribution in [1.82, 2.24) is 9.97 Å².